The van der Waals surface area contributed by atoms with E-state index in [0.717, 1.165) is 23.0 Å². The maximum absolute atomic E-state index is 13.2. The Bertz CT molecular complexity index is 1230. The summed E-state index contributed by atoms with van der Waals surface area (Å²) in [6.07, 6.45) is 3.15. The Hall–Kier alpha value is -3.87. The highest BCUT2D eigenvalue weighted by Crippen LogP contribution is 2.34. The molecule has 0 aliphatic carbocycles. The van der Waals surface area contributed by atoms with E-state index in [0.29, 0.717) is 22.4 Å². The quantitative estimate of drug-likeness (QED) is 0.414. The Morgan fingerprint density at radius 3 is 2.70 bits per heavy atom. The third-order valence-electron chi connectivity index (χ3n) is 4.59. The lowest BCUT2D eigenvalue weighted by Gasteiger charge is -2.12. The van der Waals surface area contributed by atoms with Crippen LogP contribution in [0.15, 0.2) is 79.3 Å². The molecule has 0 radical (unpaired) electrons. The van der Waals surface area contributed by atoms with Crippen molar-refractivity contribution in [2.24, 2.45) is 0 Å². The number of nitrogens with zero attached hydrogens (tertiary/aromatic N) is 1. The van der Waals surface area contributed by atoms with Crippen LogP contribution in [-0.2, 0) is 11.0 Å². The van der Waals surface area contributed by atoms with E-state index < -0.39 is 17.6 Å². The number of anilines is 1. The van der Waals surface area contributed by atoms with Gasteiger partial charge >= 0.3 is 6.18 Å². The van der Waals surface area contributed by atoms with Gasteiger partial charge in [-0.25, -0.2) is 0 Å². The second-order valence-electron chi connectivity index (χ2n) is 6.64. The van der Waals surface area contributed by atoms with Crippen LogP contribution in [0.25, 0.3) is 28.1 Å². The summed E-state index contributed by atoms with van der Waals surface area (Å²) in [5.74, 6) is -0.391. The lowest BCUT2D eigenvalue weighted by Crippen LogP contribution is -2.08. The molecule has 2 N–H and O–H groups in total. The number of hydrogen-bond donors (Lipinski definition) is 2. The van der Waals surface area contributed by atoms with Crippen molar-refractivity contribution < 1.29 is 18.0 Å². The third kappa shape index (κ3) is 4.25. The van der Waals surface area contributed by atoms with Crippen molar-refractivity contribution in [3.8, 4) is 11.1 Å². The van der Waals surface area contributed by atoms with Gasteiger partial charge in [0.05, 0.1) is 5.56 Å². The van der Waals surface area contributed by atoms with E-state index >= 15 is 0 Å². The van der Waals surface area contributed by atoms with Gasteiger partial charge in [-0.3, -0.25) is 9.78 Å². The van der Waals surface area contributed by atoms with E-state index in [1.165, 1.54) is 24.4 Å². The predicted molar refractivity (Wildman–Crippen MR) is 111 cm³/mol. The monoisotopic (exact) mass is 407 g/mol. The summed E-state index contributed by atoms with van der Waals surface area (Å²) >= 11 is 0. The van der Waals surface area contributed by atoms with Crippen LogP contribution in [0.3, 0.4) is 0 Å². The normalized spacial score (nSPS) is 11.8. The highest BCUT2D eigenvalue weighted by Gasteiger charge is 2.31. The van der Waals surface area contributed by atoms with Gasteiger partial charge in [0.15, 0.2) is 0 Å². The van der Waals surface area contributed by atoms with E-state index in [-0.39, 0.29) is 0 Å². The van der Waals surface area contributed by atoms with Gasteiger partial charge in [-0.1, -0.05) is 18.2 Å². The maximum atomic E-state index is 13.2. The molecule has 2 aromatic carbocycles. The van der Waals surface area contributed by atoms with Crippen molar-refractivity contribution >= 4 is 28.6 Å². The molecule has 0 aliphatic rings. The van der Waals surface area contributed by atoms with Gasteiger partial charge in [-0.2, -0.15) is 13.2 Å². The SMILES string of the molecule is O=C(C=Cc1ccc(C(F)(F)F)cc1-c1cccnc1)Nc1ccc2cc[nH]c2c1. The molecule has 4 nitrogen and oxygen atoms in total. The molecular formula is C23H16F3N3O. The fraction of sp³-hybridized carbons (Fsp3) is 0.0435. The summed E-state index contributed by atoms with van der Waals surface area (Å²) in [5.41, 5.74) is 2.08. The van der Waals surface area contributed by atoms with Crippen LogP contribution in [0.1, 0.15) is 11.1 Å². The number of alkyl halides is 3. The first kappa shape index (κ1) is 19.4. The smallest absolute Gasteiger partial charge is 0.361 e. The van der Waals surface area contributed by atoms with Gasteiger partial charge in [0.1, 0.15) is 0 Å². The van der Waals surface area contributed by atoms with Crippen molar-refractivity contribution in [3.05, 3.63) is 90.4 Å². The molecule has 0 saturated carbocycles. The van der Waals surface area contributed by atoms with Crippen molar-refractivity contribution in [1.82, 2.24) is 9.97 Å². The first-order chi connectivity index (χ1) is 14.4. The van der Waals surface area contributed by atoms with Gasteiger partial charge in [0, 0.05) is 41.4 Å². The average Bonchev–Trinajstić information content (AvgIpc) is 3.20. The van der Waals surface area contributed by atoms with Crippen LogP contribution in [0.2, 0.25) is 0 Å². The minimum atomic E-state index is -4.47. The zero-order valence-corrected chi connectivity index (χ0v) is 15.6. The summed E-state index contributed by atoms with van der Waals surface area (Å²) in [5, 5.41) is 3.77. The van der Waals surface area contributed by atoms with E-state index in [9.17, 15) is 18.0 Å². The van der Waals surface area contributed by atoms with Crippen molar-refractivity contribution in [2.75, 3.05) is 5.32 Å². The molecule has 0 fully saturated rings. The lowest BCUT2D eigenvalue weighted by atomic mass is 9.97. The summed E-state index contributed by atoms with van der Waals surface area (Å²) in [4.78, 5) is 19.4. The maximum Gasteiger partial charge on any atom is 0.416 e. The summed E-state index contributed by atoms with van der Waals surface area (Å²) in [6.45, 7) is 0. The van der Waals surface area contributed by atoms with Crippen LogP contribution in [-0.4, -0.2) is 15.9 Å². The number of hydrogen-bond acceptors (Lipinski definition) is 2. The Kier molecular flexibility index (Phi) is 5.10. The first-order valence-corrected chi connectivity index (χ1v) is 9.08. The molecule has 0 atom stereocenters. The number of H-pyrrole nitrogens is 1. The molecular weight excluding hydrogens is 391 g/mol. The summed E-state index contributed by atoms with van der Waals surface area (Å²) in [6, 6.07) is 14.1. The lowest BCUT2D eigenvalue weighted by molar-refractivity contribution is -0.137. The predicted octanol–water partition coefficient (Wildman–Crippen LogP) is 5.90. The second-order valence-corrected chi connectivity index (χ2v) is 6.64. The van der Waals surface area contributed by atoms with Gasteiger partial charge < -0.3 is 10.3 Å². The Morgan fingerprint density at radius 2 is 1.93 bits per heavy atom. The Morgan fingerprint density at radius 1 is 1.07 bits per heavy atom. The van der Waals surface area contributed by atoms with Crippen LogP contribution >= 0.6 is 0 Å². The number of rotatable bonds is 4. The number of amides is 1. The van der Waals surface area contributed by atoms with Crippen molar-refractivity contribution in [1.29, 1.82) is 0 Å². The van der Waals surface area contributed by atoms with Gasteiger partial charge in [-0.15, -0.1) is 0 Å². The molecule has 4 aromatic rings. The number of halogens is 3. The largest absolute Gasteiger partial charge is 0.416 e. The number of pyridine rings is 1. The van der Waals surface area contributed by atoms with Crippen LogP contribution in [0.5, 0.6) is 0 Å². The number of aromatic amines is 1. The fourth-order valence-corrected chi connectivity index (χ4v) is 3.13. The van der Waals surface area contributed by atoms with Crippen LogP contribution < -0.4 is 5.32 Å². The van der Waals surface area contributed by atoms with E-state index in [2.05, 4.69) is 15.3 Å². The minimum absolute atomic E-state index is 0.342. The standard InChI is InChI=1S/C23H16F3N3O/c24-23(25,26)18-6-3-15(20(12-18)17-2-1-10-27-14-17)5-8-22(30)29-19-7-4-16-9-11-28-21(16)13-19/h1-14,28H,(H,29,30). The number of nitrogens with one attached hydrogen (secondary N) is 2. The zero-order valence-electron chi connectivity index (χ0n) is 15.6. The molecule has 7 heteroatoms. The molecule has 2 heterocycles. The summed E-state index contributed by atoms with van der Waals surface area (Å²) in [7, 11) is 0. The van der Waals surface area contributed by atoms with Crippen LogP contribution in [0, 0.1) is 0 Å². The Balaban J connectivity index is 1.61. The number of fused-ring (bicyclic) bond motifs is 1. The molecule has 30 heavy (non-hydrogen) atoms. The molecule has 1 amide bonds. The van der Waals surface area contributed by atoms with Crippen molar-refractivity contribution in [2.45, 2.75) is 6.18 Å². The highest BCUT2D eigenvalue weighted by molar-refractivity contribution is 6.03. The molecule has 0 bridgehead atoms. The number of benzene rings is 2. The zero-order chi connectivity index (χ0) is 21.1. The highest BCUT2D eigenvalue weighted by atomic mass is 19.4. The van der Waals surface area contributed by atoms with Gasteiger partial charge in [0.2, 0.25) is 5.91 Å². The molecule has 150 valence electrons. The molecule has 2 aromatic heterocycles. The first-order valence-electron chi connectivity index (χ1n) is 9.08. The molecule has 0 spiro atoms. The minimum Gasteiger partial charge on any atom is -0.361 e. The molecule has 0 aliphatic heterocycles. The molecule has 0 saturated heterocycles. The molecule has 0 unspecified atom stereocenters. The summed E-state index contributed by atoms with van der Waals surface area (Å²) < 4.78 is 39.5. The van der Waals surface area contributed by atoms with E-state index in [4.69, 9.17) is 0 Å². The second kappa shape index (κ2) is 7.87. The van der Waals surface area contributed by atoms with Crippen LogP contribution in [0.4, 0.5) is 18.9 Å². The van der Waals surface area contributed by atoms with Gasteiger partial charge in [0.25, 0.3) is 0 Å². The molecule has 4 rings (SSSR count). The third-order valence-corrected chi connectivity index (χ3v) is 4.59. The number of carbonyl (C=O) groups excluding carboxylic acids is 1. The van der Waals surface area contributed by atoms with Crippen molar-refractivity contribution in [3.63, 3.8) is 0 Å². The van der Waals surface area contributed by atoms with E-state index in [1.54, 1.807) is 36.7 Å². The Labute approximate surface area is 170 Å². The topological polar surface area (TPSA) is 57.8 Å². The fourth-order valence-electron chi connectivity index (χ4n) is 3.13. The van der Waals surface area contributed by atoms with E-state index in [1.807, 2.05) is 12.1 Å². The number of carbonyl (C=O) groups is 1. The van der Waals surface area contributed by atoms with Gasteiger partial charge in [-0.05, 0) is 59.0 Å². The number of aromatic nitrogens is 2. The average molecular weight is 407 g/mol.